The SMILES string of the molecule is CO[N+](=O)c1ccc(O)c2c1C(=O)c1c(Nc3ccc(CCO)cc3)ccc(O)c1C2=O. The molecular weight excluding hydrogens is 416 g/mol. The van der Waals surface area contributed by atoms with Crippen molar-refractivity contribution in [3.05, 3.63) is 81.3 Å². The van der Waals surface area contributed by atoms with Gasteiger partial charge in [0.15, 0.2) is 7.11 Å². The van der Waals surface area contributed by atoms with Crippen molar-refractivity contribution in [1.82, 2.24) is 0 Å². The van der Waals surface area contributed by atoms with Gasteiger partial charge in [0, 0.05) is 18.4 Å². The van der Waals surface area contributed by atoms with Gasteiger partial charge in [0.05, 0.1) is 27.3 Å². The number of aromatic hydroxyl groups is 2. The number of anilines is 2. The van der Waals surface area contributed by atoms with Crippen molar-refractivity contribution in [2.75, 3.05) is 19.0 Å². The molecule has 0 bridgehead atoms. The molecule has 4 rings (SSSR count). The summed E-state index contributed by atoms with van der Waals surface area (Å²) in [5.41, 5.74) is 0.424. The third kappa shape index (κ3) is 3.34. The number of ketones is 2. The van der Waals surface area contributed by atoms with Gasteiger partial charge in [-0.1, -0.05) is 12.1 Å². The Bertz CT molecular complexity index is 1270. The van der Waals surface area contributed by atoms with Crippen molar-refractivity contribution in [3.8, 4) is 11.5 Å². The summed E-state index contributed by atoms with van der Waals surface area (Å²) in [5, 5.41) is 32.7. The van der Waals surface area contributed by atoms with Crippen molar-refractivity contribution in [3.63, 3.8) is 0 Å². The second-order valence-electron chi connectivity index (χ2n) is 7.13. The highest BCUT2D eigenvalue weighted by atomic mass is 16.8. The Morgan fingerprint density at radius 3 is 2.06 bits per heavy atom. The van der Waals surface area contributed by atoms with E-state index in [0.717, 1.165) is 18.7 Å². The van der Waals surface area contributed by atoms with Crippen LogP contribution in [0.2, 0.25) is 0 Å². The molecule has 0 unspecified atom stereocenters. The maximum atomic E-state index is 13.5. The normalized spacial score (nSPS) is 12.2. The van der Waals surface area contributed by atoms with Crippen LogP contribution in [0, 0.1) is 4.91 Å². The maximum absolute atomic E-state index is 13.5. The lowest BCUT2D eigenvalue weighted by molar-refractivity contribution is -0.736. The van der Waals surface area contributed by atoms with Crippen LogP contribution in [0.25, 0.3) is 0 Å². The van der Waals surface area contributed by atoms with Crippen molar-refractivity contribution in [2.45, 2.75) is 6.42 Å². The van der Waals surface area contributed by atoms with E-state index in [2.05, 4.69) is 10.2 Å². The Hall–Kier alpha value is -4.24. The Kier molecular flexibility index (Phi) is 5.33. The molecule has 0 saturated heterocycles. The molecular formula is C23H19N2O7+. The molecule has 0 heterocycles. The molecule has 0 spiro atoms. The maximum Gasteiger partial charge on any atom is 0.328 e. The number of carbonyl (C=O) groups is 2. The summed E-state index contributed by atoms with van der Waals surface area (Å²) >= 11 is 0. The van der Waals surface area contributed by atoms with Crippen LogP contribution in [0.5, 0.6) is 11.5 Å². The number of aliphatic hydroxyl groups is 1. The number of phenols is 2. The molecule has 3 aromatic rings. The van der Waals surface area contributed by atoms with Gasteiger partial charge in [-0.3, -0.25) is 9.59 Å². The van der Waals surface area contributed by atoms with Crippen LogP contribution >= 0.6 is 0 Å². The number of nitrogens with one attached hydrogen (secondary N) is 1. The first kappa shape index (κ1) is 21.0. The Morgan fingerprint density at radius 2 is 1.44 bits per heavy atom. The Morgan fingerprint density at radius 1 is 0.844 bits per heavy atom. The highest BCUT2D eigenvalue weighted by Gasteiger charge is 2.42. The predicted octanol–water partition coefficient (Wildman–Crippen LogP) is 3.12. The van der Waals surface area contributed by atoms with E-state index in [1.165, 1.54) is 18.2 Å². The van der Waals surface area contributed by atoms with Gasteiger partial charge < -0.3 is 20.6 Å². The average molecular weight is 435 g/mol. The third-order valence-electron chi connectivity index (χ3n) is 5.25. The lowest BCUT2D eigenvalue weighted by Gasteiger charge is -2.22. The fraction of sp³-hybridized carbons (Fsp3) is 0.130. The van der Waals surface area contributed by atoms with Gasteiger partial charge in [-0.25, -0.2) is 4.84 Å². The molecule has 0 saturated carbocycles. The summed E-state index contributed by atoms with van der Waals surface area (Å²) in [4.78, 5) is 43.6. The van der Waals surface area contributed by atoms with Crippen molar-refractivity contribution in [1.29, 1.82) is 0 Å². The van der Waals surface area contributed by atoms with Crippen molar-refractivity contribution in [2.24, 2.45) is 0 Å². The van der Waals surface area contributed by atoms with E-state index in [9.17, 15) is 24.7 Å². The highest BCUT2D eigenvalue weighted by molar-refractivity contribution is 6.33. The number of fused-ring (bicyclic) bond motifs is 2. The minimum Gasteiger partial charge on any atom is -0.507 e. The molecule has 3 aromatic carbocycles. The fourth-order valence-corrected chi connectivity index (χ4v) is 3.74. The minimum absolute atomic E-state index is 0.0155. The first-order valence-electron chi connectivity index (χ1n) is 9.66. The lowest BCUT2D eigenvalue weighted by Crippen LogP contribution is -2.24. The van der Waals surface area contributed by atoms with Gasteiger partial charge >= 0.3 is 5.69 Å². The van der Waals surface area contributed by atoms with E-state index in [4.69, 9.17) is 5.11 Å². The van der Waals surface area contributed by atoms with E-state index in [0.29, 0.717) is 12.1 Å². The molecule has 162 valence electrons. The number of aliphatic hydroxyl groups excluding tert-OH is 1. The zero-order valence-corrected chi connectivity index (χ0v) is 17.0. The van der Waals surface area contributed by atoms with Gasteiger partial charge in [0.25, 0.3) is 4.92 Å². The Balaban J connectivity index is 1.87. The Labute approximate surface area is 182 Å². The van der Waals surface area contributed by atoms with Crippen LogP contribution in [0.4, 0.5) is 17.1 Å². The summed E-state index contributed by atoms with van der Waals surface area (Å²) in [7, 11) is 1.11. The monoisotopic (exact) mass is 435 g/mol. The summed E-state index contributed by atoms with van der Waals surface area (Å²) < 4.78 is 0. The van der Waals surface area contributed by atoms with Crippen LogP contribution < -0.4 is 5.32 Å². The molecule has 32 heavy (non-hydrogen) atoms. The van der Waals surface area contributed by atoms with Crippen molar-refractivity contribution < 1.29 is 34.7 Å². The van der Waals surface area contributed by atoms with E-state index in [1.807, 2.05) is 0 Å². The summed E-state index contributed by atoms with van der Waals surface area (Å²) in [5.74, 6) is -2.44. The number of phenolic OH excluding ortho intramolecular Hbond substituents is 2. The molecule has 0 amide bonds. The quantitative estimate of drug-likeness (QED) is 0.268. The van der Waals surface area contributed by atoms with E-state index >= 15 is 0 Å². The largest absolute Gasteiger partial charge is 0.507 e. The summed E-state index contributed by atoms with van der Waals surface area (Å²) in [6.45, 7) is 0.0155. The molecule has 9 heteroatoms. The van der Waals surface area contributed by atoms with Gasteiger partial charge in [0.2, 0.25) is 11.6 Å². The first-order chi connectivity index (χ1) is 15.4. The minimum atomic E-state index is -0.794. The van der Waals surface area contributed by atoms with Crippen LogP contribution in [-0.4, -0.2) is 45.5 Å². The van der Waals surface area contributed by atoms with Crippen LogP contribution in [-0.2, 0) is 11.3 Å². The van der Waals surface area contributed by atoms with Gasteiger partial charge in [0.1, 0.15) is 17.1 Å². The smallest absolute Gasteiger partial charge is 0.328 e. The summed E-state index contributed by atoms with van der Waals surface area (Å²) in [6.07, 6.45) is 0.496. The summed E-state index contributed by atoms with van der Waals surface area (Å²) in [6, 6.07) is 12.1. The second kappa shape index (κ2) is 8.12. The number of benzene rings is 3. The molecule has 0 atom stereocenters. The van der Waals surface area contributed by atoms with Gasteiger partial charge in [-0.15, -0.1) is 0 Å². The number of nitrogens with zero attached hydrogens (tertiary/aromatic N) is 1. The first-order valence-corrected chi connectivity index (χ1v) is 9.66. The van der Waals surface area contributed by atoms with Crippen molar-refractivity contribution >= 4 is 28.6 Å². The van der Waals surface area contributed by atoms with E-state index in [-0.39, 0.29) is 45.2 Å². The number of hydrogen-bond acceptors (Lipinski definition) is 8. The predicted molar refractivity (Wildman–Crippen MR) is 114 cm³/mol. The van der Waals surface area contributed by atoms with Gasteiger partial charge in [-0.2, -0.15) is 0 Å². The van der Waals surface area contributed by atoms with Gasteiger partial charge in [-0.05, 0) is 42.3 Å². The average Bonchev–Trinajstić information content (AvgIpc) is 2.79. The fourth-order valence-electron chi connectivity index (χ4n) is 3.74. The molecule has 4 N–H and O–H groups in total. The van der Waals surface area contributed by atoms with E-state index in [1.54, 1.807) is 24.3 Å². The van der Waals surface area contributed by atoms with Crippen LogP contribution in [0.1, 0.15) is 37.4 Å². The molecule has 1 aliphatic rings. The zero-order chi connectivity index (χ0) is 23.0. The standard InChI is InChI=1S/C23H18N2O7/c1-32-25(31)15-7-9-17(28)21-19(15)22(29)18-14(6-8-16(27)20(18)23(21)30)24-13-4-2-12(3-5-13)10-11-26/h2-9,26H,10-11H2,1H3,(H2-,24,27,28,29,30,31)/p+1. The lowest BCUT2D eigenvalue weighted by atomic mass is 9.81. The van der Waals surface area contributed by atoms with E-state index < -0.39 is 23.1 Å². The highest BCUT2D eigenvalue weighted by Crippen LogP contribution is 2.43. The molecule has 9 nitrogen and oxygen atoms in total. The number of hydrogen-bond donors (Lipinski definition) is 4. The number of carbonyl (C=O) groups excluding carboxylic acids is 2. The number of rotatable bonds is 6. The molecule has 0 fully saturated rings. The van der Waals surface area contributed by atoms with Crippen LogP contribution in [0.15, 0.2) is 48.5 Å². The third-order valence-corrected chi connectivity index (χ3v) is 5.25. The molecule has 0 aromatic heterocycles. The second-order valence-corrected chi connectivity index (χ2v) is 7.13. The van der Waals surface area contributed by atoms with Crippen LogP contribution in [0.3, 0.4) is 0 Å². The molecule has 0 radical (unpaired) electrons. The topological polar surface area (TPSA) is 136 Å². The zero-order valence-electron chi connectivity index (χ0n) is 17.0. The molecule has 0 aliphatic heterocycles. The molecule has 1 aliphatic carbocycles.